The zero-order chi connectivity index (χ0) is 19.6. The lowest BCUT2D eigenvalue weighted by Gasteiger charge is -2.32. The number of aromatic amines is 1. The van der Waals surface area contributed by atoms with Crippen LogP contribution in [-0.2, 0) is 6.42 Å². The number of hydrogen-bond donors (Lipinski definition) is 1. The first-order chi connectivity index (χ1) is 14.3. The largest absolute Gasteiger partial charge is 0.361 e. The second-order valence-electron chi connectivity index (χ2n) is 8.98. The van der Waals surface area contributed by atoms with E-state index in [2.05, 4.69) is 46.4 Å². The highest BCUT2D eigenvalue weighted by Crippen LogP contribution is 2.37. The van der Waals surface area contributed by atoms with Crippen molar-refractivity contribution in [3.63, 3.8) is 0 Å². The van der Waals surface area contributed by atoms with E-state index >= 15 is 0 Å². The molecule has 2 nitrogen and oxygen atoms in total. The fraction of sp³-hybridized carbons (Fsp3) is 0.462. The van der Waals surface area contributed by atoms with Crippen molar-refractivity contribution in [2.75, 3.05) is 19.6 Å². The van der Waals surface area contributed by atoms with E-state index in [0.29, 0.717) is 5.92 Å². The number of rotatable bonds is 6. The summed E-state index contributed by atoms with van der Waals surface area (Å²) >= 11 is 6.13. The first-order valence-corrected chi connectivity index (χ1v) is 11.7. The van der Waals surface area contributed by atoms with Crippen LogP contribution in [0.1, 0.15) is 67.1 Å². The molecule has 0 bridgehead atoms. The Labute approximate surface area is 179 Å². The van der Waals surface area contributed by atoms with Crippen LogP contribution in [0, 0.1) is 0 Å². The van der Waals surface area contributed by atoms with Gasteiger partial charge in [-0.25, -0.2) is 0 Å². The number of halogens is 1. The number of likely N-dealkylation sites (tertiary alicyclic amines) is 1. The molecule has 1 saturated heterocycles. The molecule has 1 atom stereocenters. The quantitative estimate of drug-likeness (QED) is 0.441. The van der Waals surface area contributed by atoms with Gasteiger partial charge < -0.3 is 9.88 Å². The molecule has 1 aliphatic heterocycles. The lowest BCUT2D eigenvalue weighted by atomic mass is 9.89. The fourth-order valence-electron chi connectivity index (χ4n) is 5.60. The Hall–Kier alpha value is -1.77. The summed E-state index contributed by atoms with van der Waals surface area (Å²) in [5.41, 5.74) is 5.88. The van der Waals surface area contributed by atoms with E-state index in [4.69, 9.17) is 11.6 Å². The number of hydrogen-bond acceptors (Lipinski definition) is 1. The monoisotopic (exact) mass is 406 g/mol. The van der Waals surface area contributed by atoms with Gasteiger partial charge in [0.25, 0.3) is 0 Å². The highest BCUT2D eigenvalue weighted by atomic mass is 35.5. The first-order valence-electron chi connectivity index (χ1n) is 11.3. The Morgan fingerprint density at radius 3 is 2.72 bits per heavy atom. The van der Waals surface area contributed by atoms with Gasteiger partial charge >= 0.3 is 0 Å². The maximum Gasteiger partial charge on any atom is 0.0471 e. The summed E-state index contributed by atoms with van der Waals surface area (Å²) in [7, 11) is 0. The second kappa shape index (κ2) is 8.53. The van der Waals surface area contributed by atoms with Crippen LogP contribution in [0.15, 0.2) is 48.7 Å². The molecule has 0 amide bonds. The molecule has 0 radical (unpaired) electrons. The Morgan fingerprint density at radius 2 is 1.83 bits per heavy atom. The number of piperidine rings is 1. The normalized spacial score (nSPS) is 20.4. The number of aromatic nitrogens is 1. The van der Waals surface area contributed by atoms with Gasteiger partial charge in [0.05, 0.1) is 0 Å². The van der Waals surface area contributed by atoms with Crippen LogP contribution in [0.5, 0.6) is 0 Å². The van der Waals surface area contributed by atoms with E-state index in [1.54, 1.807) is 11.1 Å². The molecule has 0 spiro atoms. The maximum atomic E-state index is 6.13. The third kappa shape index (κ3) is 4.11. The van der Waals surface area contributed by atoms with Crippen LogP contribution in [0.3, 0.4) is 0 Å². The minimum absolute atomic E-state index is 0.677. The Balaban J connectivity index is 1.08. The van der Waals surface area contributed by atoms with Gasteiger partial charge in [-0.3, -0.25) is 0 Å². The minimum Gasteiger partial charge on any atom is -0.361 e. The van der Waals surface area contributed by atoms with Crippen molar-refractivity contribution in [1.82, 2.24) is 9.88 Å². The Morgan fingerprint density at radius 1 is 0.966 bits per heavy atom. The summed E-state index contributed by atoms with van der Waals surface area (Å²) in [6, 6.07) is 15.3. The summed E-state index contributed by atoms with van der Waals surface area (Å²) < 4.78 is 0. The minimum atomic E-state index is 0.677. The number of fused-ring (bicyclic) bond motifs is 2. The second-order valence-corrected chi connectivity index (χ2v) is 9.42. The smallest absolute Gasteiger partial charge is 0.0471 e. The van der Waals surface area contributed by atoms with Crippen LogP contribution in [0.25, 0.3) is 10.9 Å². The number of benzene rings is 2. The molecule has 1 fully saturated rings. The van der Waals surface area contributed by atoms with Crippen molar-refractivity contribution >= 4 is 22.5 Å². The summed E-state index contributed by atoms with van der Waals surface area (Å²) in [4.78, 5) is 6.10. The molecule has 152 valence electrons. The third-order valence-electron chi connectivity index (χ3n) is 7.24. The number of unbranched alkanes of at least 4 members (excludes halogenated alkanes) is 1. The zero-order valence-electron chi connectivity index (χ0n) is 17.2. The molecule has 3 aromatic rings. The topological polar surface area (TPSA) is 19.0 Å². The van der Waals surface area contributed by atoms with Gasteiger partial charge in [0.2, 0.25) is 0 Å². The Kier molecular flexibility index (Phi) is 5.65. The van der Waals surface area contributed by atoms with Gasteiger partial charge in [0.15, 0.2) is 0 Å². The predicted octanol–water partition coefficient (Wildman–Crippen LogP) is 6.90. The van der Waals surface area contributed by atoms with E-state index in [1.165, 1.54) is 81.0 Å². The van der Waals surface area contributed by atoms with Gasteiger partial charge in [0, 0.05) is 22.1 Å². The van der Waals surface area contributed by atoms with E-state index in [-0.39, 0.29) is 0 Å². The van der Waals surface area contributed by atoms with Crippen LogP contribution in [0.4, 0.5) is 0 Å². The molecule has 1 N–H and O–H groups in total. The molecular weight excluding hydrogens is 376 g/mol. The van der Waals surface area contributed by atoms with Gasteiger partial charge in [0.1, 0.15) is 0 Å². The third-order valence-corrected chi connectivity index (χ3v) is 7.47. The molecular formula is C26H31ClN2. The lowest BCUT2D eigenvalue weighted by molar-refractivity contribution is 0.208. The molecule has 2 heterocycles. The maximum absolute atomic E-state index is 6.13. The molecule has 2 aliphatic rings. The SMILES string of the molecule is Clc1ccc2c(C3CCN(CCCCC4CCc5ccccc54)CC3)c[nH]c2c1. The summed E-state index contributed by atoms with van der Waals surface area (Å²) in [6.45, 7) is 3.74. The average Bonchev–Trinajstić information content (AvgIpc) is 3.35. The molecule has 1 aliphatic carbocycles. The van der Waals surface area contributed by atoms with Crippen LogP contribution < -0.4 is 0 Å². The number of nitrogens with one attached hydrogen (secondary N) is 1. The van der Waals surface area contributed by atoms with Crippen molar-refractivity contribution in [2.24, 2.45) is 0 Å². The molecule has 3 heteroatoms. The highest BCUT2D eigenvalue weighted by Gasteiger charge is 2.24. The van der Waals surface area contributed by atoms with E-state index in [9.17, 15) is 0 Å². The molecule has 0 saturated carbocycles. The average molecular weight is 407 g/mol. The van der Waals surface area contributed by atoms with Crippen molar-refractivity contribution in [1.29, 1.82) is 0 Å². The predicted molar refractivity (Wildman–Crippen MR) is 123 cm³/mol. The summed E-state index contributed by atoms with van der Waals surface area (Å²) in [6.07, 6.45) is 11.5. The summed E-state index contributed by atoms with van der Waals surface area (Å²) in [5, 5.41) is 2.16. The van der Waals surface area contributed by atoms with Crippen LogP contribution in [-0.4, -0.2) is 29.5 Å². The van der Waals surface area contributed by atoms with Crippen molar-refractivity contribution in [2.45, 2.75) is 56.8 Å². The van der Waals surface area contributed by atoms with Gasteiger partial charge in [-0.2, -0.15) is 0 Å². The van der Waals surface area contributed by atoms with Gasteiger partial charge in [-0.05, 0) is 98.8 Å². The van der Waals surface area contributed by atoms with Crippen molar-refractivity contribution in [3.05, 3.63) is 70.4 Å². The number of H-pyrrole nitrogens is 1. The lowest BCUT2D eigenvalue weighted by Crippen LogP contribution is -2.33. The van der Waals surface area contributed by atoms with Crippen molar-refractivity contribution in [3.8, 4) is 0 Å². The number of nitrogens with zero attached hydrogens (tertiary/aromatic N) is 1. The Bertz CT molecular complexity index is 968. The summed E-state index contributed by atoms with van der Waals surface area (Å²) in [5.74, 6) is 1.49. The molecule has 1 unspecified atom stereocenters. The van der Waals surface area contributed by atoms with Crippen molar-refractivity contribution < 1.29 is 0 Å². The fourth-order valence-corrected chi connectivity index (χ4v) is 5.77. The highest BCUT2D eigenvalue weighted by molar-refractivity contribution is 6.31. The van der Waals surface area contributed by atoms with E-state index in [1.807, 2.05) is 12.1 Å². The van der Waals surface area contributed by atoms with E-state index < -0.39 is 0 Å². The standard InChI is InChI=1S/C26H31ClN2/c27-22-10-11-24-25(18-28-26(24)17-22)21-12-15-29(16-13-21)14-4-3-6-20-9-8-19-5-1-2-7-23(19)20/h1-2,5,7,10-11,17-18,20-21,28H,3-4,6,8-9,12-16H2. The molecule has 1 aromatic heterocycles. The van der Waals surface area contributed by atoms with Gasteiger partial charge in [-0.1, -0.05) is 48.4 Å². The first kappa shape index (κ1) is 19.2. The molecule has 2 aromatic carbocycles. The molecule has 5 rings (SSSR count). The molecule has 29 heavy (non-hydrogen) atoms. The van der Waals surface area contributed by atoms with Crippen LogP contribution in [0.2, 0.25) is 5.02 Å². The number of aryl methyl sites for hydroxylation is 1. The van der Waals surface area contributed by atoms with Crippen LogP contribution >= 0.6 is 11.6 Å². The van der Waals surface area contributed by atoms with E-state index in [0.717, 1.165) is 10.9 Å². The van der Waals surface area contributed by atoms with Gasteiger partial charge in [-0.15, -0.1) is 0 Å². The zero-order valence-corrected chi connectivity index (χ0v) is 17.9.